The molecule has 1 aromatic heterocycles. The predicted octanol–water partition coefficient (Wildman–Crippen LogP) is 2.81. The number of hydrogen-bond acceptors (Lipinski definition) is 3. The van der Waals surface area contributed by atoms with Gasteiger partial charge in [-0.2, -0.15) is 0 Å². The third-order valence-electron chi connectivity index (χ3n) is 3.33. The van der Waals surface area contributed by atoms with E-state index in [2.05, 4.69) is 15.5 Å². The number of nitrogens with one attached hydrogen (secondary N) is 2. The van der Waals surface area contributed by atoms with Gasteiger partial charge >= 0.3 is 0 Å². The van der Waals surface area contributed by atoms with Crippen LogP contribution in [0.4, 0.5) is 4.39 Å². The van der Waals surface area contributed by atoms with Crippen molar-refractivity contribution in [3.63, 3.8) is 0 Å². The van der Waals surface area contributed by atoms with E-state index in [4.69, 9.17) is 4.74 Å². The molecular weight excluding hydrogens is 245 g/mol. The number of H-pyrrole nitrogens is 1. The second-order valence-corrected chi connectivity index (χ2v) is 4.76. The van der Waals surface area contributed by atoms with Gasteiger partial charge in [0.15, 0.2) is 0 Å². The van der Waals surface area contributed by atoms with Crippen LogP contribution in [0.2, 0.25) is 0 Å². The molecule has 0 spiro atoms. The molecule has 1 saturated heterocycles. The van der Waals surface area contributed by atoms with Gasteiger partial charge in [0.05, 0.1) is 0 Å². The van der Waals surface area contributed by atoms with Crippen LogP contribution in [-0.2, 0) is 0 Å². The van der Waals surface area contributed by atoms with Crippen LogP contribution < -0.4 is 10.1 Å². The van der Waals surface area contributed by atoms with E-state index < -0.39 is 0 Å². The SMILES string of the molecule is Fc1cccc(Oc2cc([C@H]3CCCNC3)[nH]n2)c1. The Labute approximate surface area is 111 Å². The van der Waals surface area contributed by atoms with E-state index in [9.17, 15) is 4.39 Å². The number of halogens is 1. The summed E-state index contributed by atoms with van der Waals surface area (Å²) in [5.41, 5.74) is 1.07. The fourth-order valence-corrected chi connectivity index (χ4v) is 2.35. The standard InChI is InChI=1S/C14H16FN3O/c15-11-4-1-5-12(7-11)19-14-8-13(17-18-14)10-3-2-6-16-9-10/h1,4-5,7-8,10,16H,2-3,6,9H2,(H,17,18)/t10-/m0/s1. The molecule has 0 radical (unpaired) electrons. The van der Waals surface area contributed by atoms with Crippen molar-refractivity contribution in [1.29, 1.82) is 0 Å². The number of ether oxygens (including phenoxy) is 1. The van der Waals surface area contributed by atoms with E-state index in [-0.39, 0.29) is 5.82 Å². The van der Waals surface area contributed by atoms with Crippen LogP contribution in [0.1, 0.15) is 24.5 Å². The molecule has 1 aliphatic rings. The fourth-order valence-electron chi connectivity index (χ4n) is 2.35. The molecule has 0 unspecified atom stereocenters. The van der Waals surface area contributed by atoms with Gasteiger partial charge in [0, 0.05) is 30.3 Å². The average molecular weight is 261 g/mol. The molecule has 19 heavy (non-hydrogen) atoms. The van der Waals surface area contributed by atoms with Crippen LogP contribution in [-0.4, -0.2) is 23.3 Å². The summed E-state index contributed by atoms with van der Waals surface area (Å²) in [6, 6.07) is 7.94. The largest absolute Gasteiger partial charge is 0.437 e. The first kappa shape index (κ1) is 12.2. The molecule has 3 rings (SSSR count). The fraction of sp³-hybridized carbons (Fsp3) is 0.357. The molecule has 1 aromatic carbocycles. The molecule has 100 valence electrons. The first-order valence-electron chi connectivity index (χ1n) is 6.51. The molecule has 0 saturated carbocycles. The molecule has 0 aliphatic carbocycles. The zero-order chi connectivity index (χ0) is 13.1. The summed E-state index contributed by atoms with van der Waals surface area (Å²) >= 11 is 0. The number of rotatable bonds is 3. The molecule has 2 aromatic rings. The summed E-state index contributed by atoms with van der Waals surface area (Å²) in [6.07, 6.45) is 2.32. The van der Waals surface area contributed by atoms with Crippen LogP contribution in [0.3, 0.4) is 0 Å². The number of nitrogens with zero attached hydrogens (tertiary/aromatic N) is 1. The van der Waals surface area contributed by atoms with Crippen molar-refractivity contribution in [2.45, 2.75) is 18.8 Å². The Bertz CT molecular complexity index is 549. The molecule has 1 aliphatic heterocycles. The molecule has 1 atom stereocenters. The second-order valence-electron chi connectivity index (χ2n) is 4.76. The highest BCUT2D eigenvalue weighted by Gasteiger charge is 2.17. The van der Waals surface area contributed by atoms with Crippen LogP contribution >= 0.6 is 0 Å². The van der Waals surface area contributed by atoms with Gasteiger partial charge in [0.2, 0.25) is 5.88 Å². The Morgan fingerprint density at radius 3 is 3.05 bits per heavy atom. The lowest BCUT2D eigenvalue weighted by Crippen LogP contribution is -2.28. The van der Waals surface area contributed by atoms with Crippen LogP contribution in [0, 0.1) is 5.82 Å². The van der Waals surface area contributed by atoms with Crippen molar-refractivity contribution in [1.82, 2.24) is 15.5 Å². The van der Waals surface area contributed by atoms with Gasteiger partial charge in [-0.1, -0.05) is 6.07 Å². The van der Waals surface area contributed by atoms with Crippen molar-refractivity contribution in [3.05, 3.63) is 41.8 Å². The van der Waals surface area contributed by atoms with Crippen molar-refractivity contribution < 1.29 is 9.13 Å². The van der Waals surface area contributed by atoms with Gasteiger partial charge in [0.25, 0.3) is 0 Å². The predicted molar refractivity (Wildman–Crippen MR) is 69.9 cm³/mol. The van der Waals surface area contributed by atoms with E-state index in [1.807, 2.05) is 6.07 Å². The normalized spacial score (nSPS) is 19.3. The van der Waals surface area contributed by atoms with E-state index in [0.717, 1.165) is 25.2 Å². The van der Waals surface area contributed by atoms with Gasteiger partial charge in [-0.15, -0.1) is 5.10 Å². The van der Waals surface area contributed by atoms with Crippen LogP contribution in [0.15, 0.2) is 30.3 Å². The summed E-state index contributed by atoms with van der Waals surface area (Å²) in [5, 5.41) is 10.5. The Morgan fingerprint density at radius 2 is 2.26 bits per heavy atom. The molecule has 2 heterocycles. The summed E-state index contributed by atoms with van der Waals surface area (Å²) < 4.78 is 18.6. The average Bonchev–Trinajstić information content (AvgIpc) is 2.88. The van der Waals surface area contributed by atoms with E-state index in [1.165, 1.54) is 18.6 Å². The minimum atomic E-state index is -0.315. The summed E-state index contributed by atoms with van der Waals surface area (Å²) in [4.78, 5) is 0. The van der Waals surface area contributed by atoms with E-state index in [1.54, 1.807) is 12.1 Å². The third kappa shape index (κ3) is 2.93. The number of piperidine rings is 1. The first-order valence-corrected chi connectivity index (χ1v) is 6.51. The summed E-state index contributed by atoms with van der Waals surface area (Å²) in [6.45, 7) is 2.04. The monoisotopic (exact) mass is 261 g/mol. The molecule has 0 amide bonds. The first-order chi connectivity index (χ1) is 9.31. The number of benzene rings is 1. The molecular formula is C14H16FN3O. The maximum absolute atomic E-state index is 13.0. The van der Waals surface area contributed by atoms with E-state index >= 15 is 0 Å². The maximum Gasteiger partial charge on any atom is 0.238 e. The highest BCUT2D eigenvalue weighted by Crippen LogP contribution is 2.26. The van der Waals surface area contributed by atoms with Gasteiger partial charge in [-0.3, -0.25) is 5.10 Å². The van der Waals surface area contributed by atoms with Gasteiger partial charge < -0.3 is 10.1 Å². The topological polar surface area (TPSA) is 49.9 Å². The van der Waals surface area contributed by atoms with Crippen LogP contribution in [0.25, 0.3) is 0 Å². The lowest BCUT2D eigenvalue weighted by atomic mass is 9.96. The lowest BCUT2D eigenvalue weighted by Gasteiger charge is -2.20. The Kier molecular flexibility index (Phi) is 3.46. The molecule has 0 bridgehead atoms. The highest BCUT2D eigenvalue weighted by atomic mass is 19.1. The van der Waals surface area contributed by atoms with Gasteiger partial charge in [0.1, 0.15) is 11.6 Å². The zero-order valence-corrected chi connectivity index (χ0v) is 10.5. The van der Waals surface area contributed by atoms with E-state index in [0.29, 0.717) is 17.5 Å². The number of hydrogen-bond donors (Lipinski definition) is 2. The molecule has 2 N–H and O–H groups in total. The van der Waals surface area contributed by atoms with Crippen molar-refractivity contribution in [2.24, 2.45) is 0 Å². The second kappa shape index (κ2) is 5.40. The zero-order valence-electron chi connectivity index (χ0n) is 10.5. The van der Waals surface area contributed by atoms with Crippen molar-refractivity contribution in [2.75, 3.05) is 13.1 Å². The van der Waals surface area contributed by atoms with Gasteiger partial charge in [-0.05, 0) is 31.5 Å². The Morgan fingerprint density at radius 1 is 1.32 bits per heavy atom. The summed E-state index contributed by atoms with van der Waals surface area (Å²) in [5.74, 6) is 1.07. The maximum atomic E-state index is 13.0. The Balaban J connectivity index is 1.70. The molecule has 1 fully saturated rings. The lowest BCUT2D eigenvalue weighted by molar-refractivity contribution is 0.454. The van der Waals surface area contributed by atoms with Crippen molar-refractivity contribution in [3.8, 4) is 11.6 Å². The summed E-state index contributed by atoms with van der Waals surface area (Å²) in [7, 11) is 0. The minimum absolute atomic E-state index is 0.315. The molecule has 4 nitrogen and oxygen atoms in total. The highest BCUT2D eigenvalue weighted by molar-refractivity contribution is 5.28. The minimum Gasteiger partial charge on any atom is -0.437 e. The van der Waals surface area contributed by atoms with Crippen molar-refractivity contribution >= 4 is 0 Å². The smallest absolute Gasteiger partial charge is 0.238 e. The molecule has 5 heteroatoms. The van der Waals surface area contributed by atoms with Gasteiger partial charge in [-0.25, -0.2) is 4.39 Å². The number of aromatic nitrogens is 2. The Hall–Kier alpha value is -1.88. The van der Waals surface area contributed by atoms with Crippen LogP contribution in [0.5, 0.6) is 11.6 Å². The third-order valence-corrected chi connectivity index (χ3v) is 3.33. The number of aromatic amines is 1. The quantitative estimate of drug-likeness (QED) is 0.893.